The molecule has 1 aromatic carbocycles. The highest BCUT2D eigenvalue weighted by Gasteiger charge is 2.34. The van der Waals surface area contributed by atoms with Gasteiger partial charge in [0.2, 0.25) is 0 Å². The van der Waals surface area contributed by atoms with E-state index in [9.17, 15) is 5.11 Å². The number of fused-ring (bicyclic) bond motifs is 1. The molecule has 0 fully saturated rings. The Labute approximate surface area is 96.9 Å². The number of nitrogens with two attached hydrogens (primary N) is 1. The zero-order valence-corrected chi connectivity index (χ0v) is 9.93. The number of anilines is 1. The van der Waals surface area contributed by atoms with Crippen molar-refractivity contribution in [3.8, 4) is 0 Å². The Morgan fingerprint density at radius 1 is 1.44 bits per heavy atom. The van der Waals surface area contributed by atoms with Gasteiger partial charge in [-0.25, -0.2) is 0 Å². The minimum atomic E-state index is -0.171. The third kappa shape index (κ3) is 1.81. The van der Waals surface area contributed by atoms with Gasteiger partial charge in [0.1, 0.15) is 0 Å². The van der Waals surface area contributed by atoms with Crippen LogP contribution in [-0.4, -0.2) is 29.8 Å². The molecule has 1 aliphatic rings. The summed E-state index contributed by atoms with van der Waals surface area (Å²) in [6.07, 6.45) is 0.941. The SMILES string of the molecule is CC(C)N1c2ccccc2CC1C(N)CO. The molecule has 0 spiro atoms. The van der Waals surface area contributed by atoms with Crippen LogP contribution < -0.4 is 10.6 Å². The minimum absolute atomic E-state index is 0.0435. The number of aliphatic hydroxyl groups excluding tert-OH is 1. The van der Waals surface area contributed by atoms with Gasteiger partial charge in [-0.3, -0.25) is 0 Å². The minimum Gasteiger partial charge on any atom is -0.395 e. The quantitative estimate of drug-likeness (QED) is 0.803. The van der Waals surface area contributed by atoms with Crippen LogP contribution in [0.5, 0.6) is 0 Å². The lowest BCUT2D eigenvalue weighted by molar-refractivity contribution is 0.245. The lowest BCUT2D eigenvalue weighted by atomic mass is 10.0. The zero-order valence-electron chi connectivity index (χ0n) is 9.93. The van der Waals surface area contributed by atoms with Crippen LogP contribution in [0.2, 0.25) is 0 Å². The number of nitrogens with zero attached hydrogens (tertiary/aromatic N) is 1. The molecule has 2 atom stereocenters. The first-order valence-corrected chi connectivity index (χ1v) is 5.87. The summed E-state index contributed by atoms with van der Waals surface area (Å²) in [6.45, 7) is 4.38. The van der Waals surface area contributed by atoms with E-state index in [-0.39, 0.29) is 18.7 Å². The molecule has 0 saturated heterocycles. The first-order chi connectivity index (χ1) is 7.65. The molecule has 1 aromatic rings. The van der Waals surface area contributed by atoms with Gasteiger partial charge >= 0.3 is 0 Å². The van der Waals surface area contributed by atoms with Crippen molar-refractivity contribution < 1.29 is 5.11 Å². The number of para-hydroxylation sites is 1. The van der Waals surface area contributed by atoms with Gasteiger partial charge in [0.15, 0.2) is 0 Å². The van der Waals surface area contributed by atoms with Crippen LogP contribution in [0.4, 0.5) is 5.69 Å². The average Bonchev–Trinajstić information content (AvgIpc) is 2.67. The van der Waals surface area contributed by atoms with Gasteiger partial charge in [-0.2, -0.15) is 0 Å². The number of rotatable bonds is 3. The van der Waals surface area contributed by atoms with Gasteiger partial charge in [0.25, 0.3) is 0 Å². The first kappa shape index (κ1) is 11.4. The van der Waals surface area contributed by atoms with E-state index in [4.69, 9.17) is 5.73 Å². The Balaban J connectivity index is 2.33. The average molecular weight is 220 g/mol. The molecular formula is C13H20N2O. The molecule has 3 nitrogen and oxygen atoms in total. The Morgan fingerprint density at radius 2 is 2.12 bits per heavy atom. The maximum Gasteiger partial charge on any atom is 0.0602 e. The number of benzene rings is 1. The highest BCUT2D eigenvalue weighted by atomic mass is 16.3. The van der Waals surface area contributed by atoms with Gasteiger partial charge in [0, 0.05) is 17.8 Å². The van der Waals surface area contributed by atoms with Crippen molar-refractivity contribution in [3.05, 3.63) is 29.8 Å². The summed E-state index contributed by atoms with van der Waals surface area (Å²) >= 11 is 0. The molecule has 0 bridgehead atoms. The van der Waals surface area contributed by atoms with Crippen molar-refractivity contribution in [3.63, 3.8) is 0 Å². The predicted molar refractivity (Wildman–Crippen MR) is 66.6 cm³/mol. The molecular weight excluding hydrogens is 200 g/mol. The van der Waals surface area contributed by atoms with E-state index in [0.717, 1.165) is 6.42 Å². The Hall–Kier alpha value is -1.06. The largest absolute Gasteiger partial charge is 0.395 e. The second-order valence-corrected chi connectivity index (χ2v) is 4.75. The van der Waals surface area contributed by atoms with E-state index in [0.29, 0.717) is 6.04 Å². The molecule has 16 heavy (non-hydrogen) atoms. The molecule has 2 rings (SSSR count). The molecule has 1 aliphatic heterocycles. The lowest BCUT2D eigenvalue weighted by Crippen LogP contribution is -2.50. The fraction of sp³-hybridized carbons (Fsp3) is 0.538. The molecule has 3 N–H and O–H groups in total. The monoisotopic (exact) mass is 220 g/mol. The van der Waals surface area contributed by atoms with Gasteiger partial charge in [-0.15, -0.1) is 0 Å². The highest BCUT2D eigenvalue weighted by Crippen LogP contribution is 2.34. The van der Waals surface area contributed by atoms with Crippen molar-refractivity contribution in [2.75, 3.05) is 11.5 Å². The molecule has 1 heterocycles. The molecule has 2 unspecified atom stereocenters. The number of aliphatic hydroxyl groups is 1. The van der Waals surface area contributed by atoms with Crippen LogP contribution in [-0.2, 0) is 6.42 Å². The Bertz CT molecular complexity index is 365. The fourth-order valence-corrected chi connectivity index (χ4v) is 2.58. The van der Waals surface area contributed by atoms with Crippen LogP contribution in [0.15, 0.2) is 24.3 Å². The first-order valence-electron chi connectivity index (χ1n) is 5.87. The molecule has 0 radical (unpaired) electrons. The Morgan fingerprint density at radius 3 is 2.75 bits per heavy atom. The fourth-order valence-electron chi connectivity index (χ4n) is 2.58. The normalized spacial score (nSPS) is 21.3. The van der Waals surface area contributed by atoms with Crippen molar-refractivity contribution >= 4 is 5.69 Å². The second-order valence-electron chi connectivity index (χ2n) is 4.75. The number of hydrogen-bond donors (Lipinski definition) is 2. The van der Waals surface area contributed by atoms with Crippen LogP contribution >= 0.6 is 0 Å². The standard InChI is InChI=1S/C13H20N2O/c1-9(2)15-12-6-4-3-5-10(12)7-13(15)11(14)8-16/h3-6,9,11,13,16H,7-8,14H2,1-2H3. The van der Waals surface area contributed by atoms with Gasteiger partial charge in [-0.1, -0.05) is 18.2 Å². The van der Waals surface area contributed by atoms with E-state index < -0.39 is 0 Å². The van der Waals surface area contributed by atoms with Crippen molar-refractivity contribution in [1.82, 2.24) is 0 Å². The van der Waals surface area contributed by atoms with Crippen molar-refractivity contribution in [1.29, 1.82) is 0 Å². The molecule has 0 aliphatic carbocycles. The maximum absolute atomic E-state index is 9.22. The third-order valence-electron chi connectivity index (χ3n) is 3.32. The summed E-state index contributed by atoms with van der Waals surface area (Å²) in [5.74, 6) is 0. The van der Waals surface area contributed by atoms with Crippen molar-refractivity contribution in [2.45, 2.75) is 38.4 Å². The molecule has 0 aromatic heterocycles. The second kappa shape index (κ2) is 4.44. The number of hydrogen-bond acceptors (Lipinski definition) is 3. The zero-order chi connectivity index (χ0) is 11.7. The van der Waals surface area contributed by atoms with Gasteiger partial charge in [0.05, 0.1) is 12.6 Å². The predicted octanol–water partition coefficient (Wildman–Crippen LogP) is 1.15. The van der Waals surface area contributed by atoms with Crippen molar-refractivity contribution in [2.24, 2.45) is 5.73 Å². The smallest absolute Gasteiger partial charge is 0.0602 e. The maximum atomic E-state index is 9.22. The van der Waals surface area contributed by atoms with Gasteiger partial charge < -0.3 is 15.7 Å². The van der Waals surface area contributed by atoms with E-state index in [1.54, 1.807) is 0 Å². The summed E-state index contributed by atoms with van der Waals surface area (Å²) in [7, 11) is 0. The molecule has 0 saturated carbocycles. The van der Waals surface area contributed by atoms with E-state index in [1.807, 2.05) is 0 Å². The van der Waals surface area contributed by atoms with Crippen LogP contribution in [0.25, 0.3) is 0 Å². The summed E-state index contributed by atoms with van der Waals surface area (Å²) in [5.41, 5.74) is 8.60. The van der Waals surface area contributed by atoms with E-state index in [1.165, 1.54) is 11.3 Å². The van der Waals surface area contributed by atoms with Crippen LogP contribution in [0.3, 0.4) is 0 Å². The van der Waals surface area contributed by atoms with E-state index in [2.05, 4.69) is 43.0 Å². The molecule has 3 heteroatoms. The third-order valence-corrected chi connectivity index (χ3v) is 3.32. The summed E-state index contributed by atoms with van der Waals surface area (Å²) in [6, 6.07) is 8.86. The highest BCUT2D eigenvalue weighted by molar-refractivity contribution is 5.60. The summed E-state index contributed by atoms with van der Waals surface area (Å²) in [4.78, 5) is 2.33. The topological polar surface area (TPSA) is 49.5 Å². The van der Waals surface area contributed by atoms with Gasteiger partial charge in [-0.05, 0) is 31.9 Å². The summed E-state index contributed by atoms with van der Waals surface area (Å²) in [5, 5.41) is 9.22. The Kier molecular flexibility index (Phi) is 3.17. The van der Waals surface area contributed by atoms with E-state index >= 15 is 0 Å². The van der Waals surface area contributed by atoms with Crippen LogP contribution in [0.1, 0.15) is 19.4 Å². The molecule has 0 amide bonds. The lowest BCUT2D eigenvalue weighted by Gasteiger charge is -2.34. The molecule has 88 valence electrons. The van der Waals surface area contributed by atoms with Crippen LogP contribution in [0, 0.1) is 0 Å². The summed E-state index contributed by atoms with van der Waals surface area (Å²) < 4.78 is 0.